The van der Waals surface area contributed by atoms with Gasteiger partial charge in [-0.25, -0.2) is 0 Å². The van der Waals surface area contributed by atoms with E-state index >= 15 is 0 Å². The van der Waals surface area contributed by atoms with Crippen molar-refractivity contribution in [3.05, 3.63) is 70.2 Å². The molecule has 0 bridgehead atoms. The molecule has 0 unspecified atom stereocenters. The van der Waals surface area contributed by atoms with Gasteiger partial charge in [-0.1, -0.05) is 65.3 Å². The van der Waals surface area contributed by atoms with Crippen LogP contribution in [0.2, 0.25) is 0 Å². The van der Waals surface area contributed by atoms with Crippen molar-refractivity contribution in [2.45, 2.75) is 45.0 Å². The Morgan fingerprint density at radius 3 is 2.52 bits per heavy atom. The van der Waals surface area contributed by atoms with Gasteiger partial charge in [0.25, 0.3) is 0 Å². The second-order valence-electron chi connectivity index (χ2n) is 6.91. The van der Waals surface area contributed by atoms with E-state index in [4.69, 9.17) is 0 Å². The van der Waals surface area contributed by atoms with Crippen LogP contribution in [0, 0.1) is 0 Å². The van der Waals surface area contributed by atoms with E-state index < -0.39 is 6.04 Å². The molecule has 0 aliphatic rings. The van der Waals surface area contributed by atoms with E-state index in [1.54, 1.807) is 23.6 Å². The Morgan fingerprint density at radius 2 is 1.83 bits per heavy atom. The average molecular weight is 477 g/mol. The Morgan fingerprint density at radius 1 is 1.10 bits per heavy atom. The van der Waals surface area contributed by atoms with Crippen LogP contribution in [-0.2, 0) is 21.9 Å². The second kappa shape index (κ2) is 12.7. The van der Waals surface area contributed by atoms with Gasteiger partial charge in [0.1, 0.15) is 6.04 Å². The molecule has 0 radical (unpaired) electrons. The summed E-state index contributed by atoms with van der Waals surface area (Å²) in [5.41, 5.74) is 2.25. The summed E-state index contributed by atoms with van der Waals surface area (Å²) < 4.78 is 0.962. The minimum atomic E-state index is -0.507. The van der Waals surface area contributed by atoms with Crippen LogP contribution in [-0.4, -0.2) is 35.1 Å². The zero-order chi connectivity index (χ0) is 21.1. The molecular weight excluding hydrogens is 448 g/mol. The van der Waals surface area contributed by atoms with Gasteiger partial charge in [0.2, 0.25) is 11.8 Å². The van der Waals surface area contributed by atoms with Crippen LogP contribution in [0.1, 0.15) is 37.8 Å². The number of nitrogens with zero attached hydrogens (tertiary/aromatic N) is 1. The third kappa shape index (κ3) is 8.23. The van der Waals surface area contributed by atoms with Gasteiger partial charge in [-0.15, -0.1) is 0 Å². The lowest BCUT2D eigenvalue weighted by molar-refractivity contribution is -0.140. The third-order valence-corrected chi connectivity index (χ3v) is 6.05. The molecule has 0 aliphatic carbocycles. The number of carbonyl (C=O) groups is 2. The molecule has 0 spiro atoms. The molecule has 0 aliphatic heterocycles. The first-order chi connectivity index (χ1) is 14.0. The third-order valence-electron chi connectivity index (χ3n) is 4.53. The van der Waals surface area contributed by atoms with Gasteiger partial charge in [-0.05, 0) is 36.6 Å². The maximum Gasteiger partial charge on any atom is 0.242 e. The number of amides is 2. The predicted octanol–water partition coefficient (Wildman–Crippen LogP) is 5.02. The smallest absolute Gasteiger partial charge is 0.242 e. The van der Waals surface area contributed by atoms with E-state index in [9.17, 15) is 9.59 Å². The van der Waals surface area contributed by atoms with Crippen LogP contribution in [0.3, 0.4) is 0 Å². The highest BCUT2D eigenvalue weighted by molar-refractivity contribution is 9.10. The lowest BCUT2D eigenvalue weighted by atomic mass is 10.1. The minimum Gasteiger partial charge on any atom is -0.354 e. The van der Waals surface area contributed by atoms with Crippen LogP contribution in [0.25, 0.3) is 0 Å². The van der Waals surface area contributed by atoms with Crippen molar-refractivity contribution in [1.29, 1.82) is 0 Å². The topological polar surface area (TPSA) is 49.4 Å². The average Bonchev–Trinajstić information content (AvgIpc) is 2.73. The van der Waals surface area contributed by atoms with Gasteiger partial charge < -0.3 is 10.2 Å². The Hall–Kier alpha value is -1.79. The highest BCUT2D eigenvalue weighted by Gasteiger charge is 2.25. The van der Waals surface area contributed by atoms with E-state index in [-0.39, 0.29) is 11.8 Å². The fraction of sp³-hybridized carbons (Fsp3) is 0.391. The summed E-state index contributed by atoms with van der Waals surface area (Å²) in [5.74, 6) is 1.51. The first-order valence-corrected chi connectivity index (χ1v) is 11.9. The fourth-order valence-corrected chi connectivity index (χ4v) is 4.22. The van der Waals surface area contributed by atoms with Crippen molar-refractivity contribution in [2.75, 3.05) is 12.3 Å². The summed E-state index contributed by atoms with van der Waals surface area (Å²) in [6.07, 6.45) is 1.28. The van der Waals surface area contributed by atoms with Crippen molar-refractivity contribution in [3.8, 4) is 0 Å². The molecule has 156 valence electrons. The zero-order valence-electron chi connectivity index (χ0n) is 17.1. The number of halogens is 1. The molecule has 1 N–H and O–H groups in total. The maximum absolute atomic E-state index is 13.0. The molecule has 0 heterocycles. The van der Waals surface area contributed by atoms with Gasteiger partial charge in [0.05, 0.1) is 0 Å². The summed E-state index contributed by atoms with van der Waals surface area (Å²) in [5, 5.41) is 2.91. The highest BCUT2D eigenvalue weighted by atomic mass is 79.9. The Labute approximate surface area is 186 Å². The molecule has 2 aromatic carbocycles. The lowest BCUT2D eigenvalue weighted by Gasteiger charge is -2.29. The predicted molar refractivity (Wildman–Crippen MR) is 125 cm³/mol. The number of hydrogen-bond donors (Lipinski definition) is 1. The molecular formula is C23H29BrN2O2S. The van der Waals surface area contributed by atoms with E-state index in [1.165, 1.54) is 5.56 Å². The molecule has 0 aromatic heterocycles. The van der Waals surface area contributed by atoms with Crippen molar-refractivity contribution in [3.63, 3.8) is 0 Å². The molecule has 1 atom stereocenters. The standard InChI is InChI=1S/C23H29BrN2O2S/c1-3-13-25-23(28)18(2)26(16-20-10-7-11-21(24)15-20)22(27)12-14-29-17-19-8-5-4-6-9-19/h4-11,15,18H,3,12-14,16-17H2,1-2H3,(H,25,28)/t18-/m0/s1. The first kappa shape index (κ1) is 23.5. The van der Waals surface area contributed by atoms with E-state index in [0.717, 1.165) is 28.0 Å². The van der Waals surface area contributed by atoms with E-state index in [2.05, 4.69) is 33.4 Å². The van der Waals surface area contributed by atoms with Crippen molar-refractivity contribution in [1.82, 2.24) is 10.2 Å². The first-order valence-electron chi connectivity index (χ1n) is 9.94. The van der Waals surface area contributed by atoms with Crippen LogP contribution in [0.15, 0.2) is 59.1 Å². The molecule has 2 rings (SSSR count). The normalized spacial score (nSPS) is 11.7. The Kier molecular flexibility index (Phi) is 10.3. The molecule has 0 saturated heterocycles. The summed E-state index contributed by atoms with van der Waals surface area (Å²) in [6.45, 7) is 4.86. The number of rotatable bonds is 11. The summed E-state index contributed by atoms with van der Waals surface area (Å²) in [4.78, 5) is 27.2. The van der Waals surface area contributed by atoms with Gasteiger partial charge in [0.15, 0.2) is 0 Å². The molecule has 2 aromatic rings. The number of hydrogen-bond acceptors (Lipinski definition) is 3. The minimum absolute atomic E-state index is 0.00434. The van der Waals surface area contributed by atoms with Crippen LogP contribution in [0.5, 0.6) is 0 Å². The number of nitrogens with one attached hydrogen (secondary N) is 1. The quantitative estimate of drug-likeness (QED) is 0.463. The van der Waals surface area contributed by atoms with Crippen LogP contribution in [0.4, 0.5) is 0 Å². The zero-order valence-corrected chi connectivity index (χ0v) is 19.5. The number of benzene rings is 2. The number of carbonyl (C=O) groups excluding carboxylic acids is 2. The van der Waals surface area contributed by atoms with Crippen LogP contribution >= 0.6 is 27.7 Å². The van der Waals surface area contributed by atoms with Crippen molar-refractivity contribution >= 4 is 39.5 Å². The molecule has 0 fully saturated rings. The lowest BCUT2D eigenvalue weighted by Crippen LogP contribution is -2.47. The molecule has 4 nitrogen and oxygen atoms in total. The van der Waals surface area contributed by atoms with Crippen molar-refractivity contribution in [2.24, 2.45) is 0 Å². The molecule has 2 amide bonds. The van der Waals surface area contributed by atoms with E-state index in [0.29, 0.717) is 19.5 Å². The van der Waals surface area contributed by atoms with Crippen LogP contribution < -0.4 is 5.32 Å². The highest BCUT2D eigenvalue weighted by Crippen LogP contribution is 2.18. The number of thioether (sulfide) groups is 1. The fourth-order valence-electron chi connectivity index (χ4n) is 2.88. The van der Waals surface area contributed by atoms with Gasteiger partial charge >= 0.3 is 0 Å². The Bertz CT molecular complexity index is 785. The SMILES string of the molecule is CCCNC(=O)[C@H](C)N(Cc1cccc(Br)c1)C(=O)CCSCc1ccccc1. The summed E-state index contributed by atoms with van der Waals surface area (Å²) in [7, 11) is 0. The van der Waals surface area contributed by atoms with Gasteiger partial charge in [-0.3, -0.25) is 9.59 Å². The second-order valence-corrected chi connectivity index (χ2v) is 8.93. The summed E-state index contributed by atoms with van der Waals surface area (Å²) in [6, 6.07) is 17.6. The Balaban J connectivity index is 1.98. The van der Waals surface area contributed by atoms with Gasteiger partial charge in [-0.2, -0.15) is 11.8 Å². The maximum atomic E-state index is 13.0. The molecule has 6 heteroatoms. The van der Waals surface area contributed by atoms with E-state index in [1.807, 2.05) is 49.4 Å². The summed E-state index contributed by atoms with van der Waals surface area (Å²) >= 11 is 5.22. The van der Waals surface area contributed by atoms with Gasteiger partial charge in [0, 0.05) is 35.5 Å². The van der Waals surface area contributed by atoms with Crippen molar-refractivity contribution < 1.29 is 9.59 Å². The molecule has 29 heavy (non-hydrogen) atoms. The molecule has 0 saturated carbocycles. The monoisotopic (exact) mass is 476 g/mol. The largest absolute Gasteiger partial charge is 0.354 e.